The lowest BCUT2D eigenvalue weighted by molar-refractivity contribution is 0.321. The van der Waals surface area contributed by atoms with Crippen LogP contribution in [0.5, 0.6) is 5.75 Å². The molecule has 0 amide bonds. The largest absolute Gasteiger partial charge is 0.492 e. The molecule has 19 heavy (non-hydrogen) atoms. The Hall–Kier alpha value is -0.820. The molecule has 0 saturated heterocycles. The van der Waals surface area contributed by atoms with E-state index < -0.39 is 10.2 Å². The van der Waals surface area contributed by atoms with Crippen molar-refractivity contribution in [3.05, 3.63) is 28.3 Å². The maximum absolute atomic E-state index is 11.4. The van der Waals surface area contributed by atoms with Gasteiger partial charge in [0.2, 0.25) is 0 Å². The van der Waals surface area contributed by atoms with Gasteiger partial charge in [0.25, 0.3) is 10.2 Å². The fourth-order valence-corrected chi connectivity index (χ4v) is 2.17. The molecule has 1 rings (SSSR count). The van der Waals surface area contributed by atoms with Crippen LogP contribution in [0.3, 0.4) is 0 Å². The second-order valence-corrected chi connectivity index (χ2v) is 6.75. The van der Waals surface area contributed by atoms with Crippen LogP contribution >= 0.6 is 11.6 Å². The number of aryl methyl sites for hydroxylation is 2. The number of nitrogens with zero attached hydrogens (tertiary/aromatic N) is 1. The van der Waals surface area contributed by atoms with Crippen LogP contribution in [0.15, 0.2) is 12.1 Å². The van der Waals surface area contributed by atoms with Gasteiger partial charge >= 0.3 is 0 Å². The van der Waals surface area contributed by atoms with Crippen LogP contribution in [0.1, 0.15) is 11.1 Å². The summed E-state index contributed by atoms with van der Waals surface area (Å²) in [6.45, 7) is 4.27. The second kappa shape index (κ2) is 6.56. The summed E-state index contributed by atoms with van der Waals surface area (Å²) in [7, 11) is -0.459. The Balaban J connectivity index is 2.51. The van der Waals surface area contributed by atoms with Gasteiger partial charge in [0.05, 0.1) is 0 Å². The standard InChI is InChI=1S/C12H19ClN2O3S/c1-9-7-11(8-10(2)12(9)13)18-6-5-14-19(16,17)15(3)4/h7-8,14H,5-6H2,1-4H3. The van der Waals surface area contributed by atoms with Crippen molar-refractivity contribution in [2.45, 2.75) is 13.8 Å². The minimum Gasteiger partial charge on any atom is -0.492 e. The smallest absolute Gasteiger partial charge is 0.279 e. The summed E-state index contributed by atoms with van der Waals surface area (Å²) in [5, 5.41) is 0.723. The van der Waals surface area contributed by atoms with Gasteiger partial charge in [-0.2, -0.15) is 17.4 Å². The Morgan fingerprint density at radius 2 is 1.79 bits per heavy atom. The molecule has 0 spiro atoms. The van der Waals surface area contributed by atoms with Crippen molar-refractivity contribution in [2.24, 2.45) is 0 Å². The Bertz CT molecular complexity index is 521. The predicted molar refractivity (Wildman–Crippen MR) is 77.0 cm³/mol. The fraction of sp³-hybridized carbons (Fsp3) is 0.500. The fourth-order valence-electron chi connectivity index (χ4n) is 1.46. The first-order valence-corrected chi connectivity index (χ1v) is 7.62. The zero-order valence-corrected chi connectivity index (χ0v) is 13.1. The molecule has 0 fully saturated rings. The lowest BCUT2D eigenvalue weighted by atomic mass is 10.1. The normalized spacial score (nSPS) is 11.9. The van der Waals surface area contributed by atoms with E-state index in [1.165, 1.54) is 14.1 Å². The van der Waals surface area contributed by atoms with Gasteiger partial charge in [-0.05, 0) is 37.1 Å². The molecule has 1 aromatic rings. The van der Waals surface area contributed by atoms with E-state index in [0.717, 1.165) is 20.5 Å². The molecule has 0 heterocycles. The summed E-state index contributed by atoms with van der Waals surface area (Å²) in [5.41, 5.74) is 1.87. The molecule has 0 aliphatic heterocycles. The number of rotatable bonds is 6. The van der Waals surface area contributed by atoms with E-state index >= 15 is 0 Å². The summed E-state index contributed by atoms with van der Waals surface area (Å²) >= 11 is 6.05. The topological polar surface area (TPSA) is 58.6 Å². The third kappa shape index (κ3) is 4.65. The highest BCUT2D eigenvalue weighted by molar-refractivity contribution is 7.87. The molecule has 0 atom stereocenters. The van der Waals surface area contributed by atoms with Gasteiger partial charge < -0.3 is 4.74 Å². The zero-order chi connectivity index (χ0) is 14.6. The lowest BCUT2D eigenvalue weighted by Gasteiger charge is -2.13. The summed E-state index contributed by atoms with van der Waals surface area (Å²) in [6, 6.07) is 3.66. The number of ether oxygens (including phenoxy) is 1. The Labute approximate surface area is 119 Å². The van der Waals surface area contributed by atoms with Gasteiger partial charge in [0, 0.05) is 25.7 Å². The van der Waals surface area contributed by atoms with Gasteiger partial charge in [-0.25, -0.2) is 0 Å². The third-order valence-corrected chi connectivity index (χ3v) is 4.67. The van der Waals surface area contributed by atoms with Crippen LogP contribution in [-0.4, -0.2) is 40.0 Å². The van der Waals surface area contributed by atoms with E-state index in [0.29, 0.717) is 5.75 Å². The van der Waals surface area contributed by atoms with Crippen molar-refractivity contribution in [3.63, 3.8) is 0 Å². The molecule has 0 radical (unpaired) electrons. The van der Waals surface area contributed by atoms with E-state index in [9.17, 15) is 8.42 Å². The molecule has 1 aromatic carbocycles. The first-order valence-electron chi connectivity index (χ1n) is 5.80. The predicted octanol–water partition coefficient (Wildman–Crippen LogP) is 1.73. The van der Waals surface area contributed by atoms with Crippen molar-refractivity contribution >= 4 is 21.8 Å². The first kappa shape index (κ1) is 16.2. The van der Waals surface area contributed by atoms with Crippen molar-refractivity contribution in [2.75, 3.05) is 27.2 Å². The van der Waals surface area contributed by atoms with E-state index in [-0.39, 0.29) is 13.2 Å². The average Bonchev–Trinajstić information content (AvgIpc) is 2.31. The maximum Gasteiger partial charge on any atom is 0.279 e. The van der Waals surface area contributed by atoms with Crippen molar-refractivity contribution in [1.29, 1.82) is 0 Å². The summed E-state index contributed by atoms with van der Waals surface area (Å²) < 4.78 is 31.9. The van der Waals surface area contributed by atoms with Crippen molar-refractivity contribution in [1.82, 2.24) is 9.03 Å². The van der Waals surface area contributed by atoms with E-state index in [1.54, 1.807) is 0 Å². The highest BCUT2D eigenvalue weighted by atomic mass is 35.5. The number of halogens is 1. The molecule has 0 aliphatic carbocycles. The molecule has 0 bridgehead atoms. The van der Waals surface area contributed by atoms with Gasteiger partial charge in [-0.15, -0.1) is 0 Å². The average molecular weight is 307 g/mol. The van der Waals surface area contributed by atoms with Gasteiger partial charge in [-0.3, -0.25) is 0 Å². The van der Waals surface area contributed by atoms with Crippen molar-refractivity contribution in [3.8, 4) is 5.75 Å². The molecule has 5 nitrogen and oxygen atoms in total. The van der Waals surface area contributed by atoms with Gasteiger partial charge in [-0.1, -0.05) is 11.6 Å². The maximum atomic E-state index is 11.4. The molecule has 0 saturated carbocycles. The van der Waals surface area contributed by atoms with Gasteiger partial charge in [0.1, 0.15) is 12.4 Å². The Morgan fingerprint density at radius 3 is 2.26 bits per heavy atom. The Kier molecular flexibility index (Phi) is 5.61. The first-order chi connectivity index (χ1) is 8.74. The van der Waals surface area contributed by atoms with Gasteiger partial charge in [0.15, 0.2) is 0 Å². The number of benzene rings is 1. The highest BCUT2D eigenvalue weighted by Gasteiger charge is 2.11. The molecular weight excluding hydrogens is 288 g/mol. The van der Waals surface area contributed by atoms with Crippen molar-refractivity contribution < 1.29 is 13.2 Å². The van der Waals surface area contributed by atoms with Crippen LogP contribution < -0.4 is 9.46 Å². The van der Waals surface area contributed by atoms with Crippen LogP contribution in [-0.2, 0) is 10.2 Å². The SMILES string of the molecule is Cc1cc(OCCNS(=O)(=O)N(C)C)cc(C)c1Cl. The molecule has 0 aromatic heterocycles. The van der Waals surface area contributed by atoms with Crippen LogP contribution in [0.4, 0.5) is 0 Å². The molecule has 0 aliphatic rings. The Morgan fingerprint density at radius 1 is 1.26 bits per heavy atom. The number of hydrogen-bond donors (Lipinski definition) is 1. The molecule has 108 valence electrons. The minimum absolute atomic E-state index is 0.210. The van der Waals surface area contributed by atoms with Crippen LogP contribution in [0.2, 0.25) is 5.02 Å². The molecule has 0 unspecified atom stereocenters. The second-order valence-electron chi connectivity index (χ2n) is 4.40. The van der Waals surface area contributed by atoms with E-state index in [4.69, 9.17) is 16.3 Å². The monoisotopic (exact) mass is 306 g/mol. The quantitative estimate of drug-likeness (QED) is 0.814. The molecular formula is C12H19ClN2O3S. The minimum atomic E-state index is -3.39. The van der Waals surface area contributed by atoms with E-state index in [1.807, 2.05) is 26.0 Å². The summed E-state index contributed by atoms with van der Waals surface area (Å²) in [4.78, 5) is 0. The summed E-state index contributed by atoms with van der Waals surface area (Å²) in [6.07, 6.45) is 0. The van der Waals surface area contributed by atoms with Crippen LogP contribution in [0.25, 0.3) is 0 Å². The lowest BCUT2D eigenvalue weighted by Crippen LogP contribution is -2.37. The number of hydrogen-bond acceptors (Lipinski definition) is 3. The highest BCUT2D eigenvalue weighted by Crippen LogP contribution is 2.25. The molecule has 7 heteroatoms. The van der Waals surface area contributed by atoms with Crippen LogP contribution in [0, 0.1) is 13.8 Å². The zero-order valence-electron chi connectivity index (χ0n) is 11.5. The summed E-state index contributed by atoms with van der Waals surface area (Å²) in [5.74, 6) is 0.684. The molecule has 1 N–H and O–H groups in total. The third-order valence-electron chi connectivity index (χ3n) is 2.55. The number of nitrogens with one attached hydrogen (secondary N) is 1. The van der Waals surface area contributed by atoms with E-state index in [2.05, 4.69) is 4.72 Å².